The molecule has 0 atom stereocenters. The van der Waals surface area contributed by atoms with Gasteiger partial charge in [-0.1, -0.05) is 18.2 Å². The quantitative estimate of drug-likeness (QED) is 0.859. The lowest BCUT2D eigenvalue weighted by Crippen LogP contribution is -2.16. The van der Waals surface area contributed by atoms with Crippen molar-refractivity contribution in [1.29, 1.82) is 0 Å². The molecular weight excluding hydrogens is 271 g/mol. The molecule has 0 fully saturated rings. The van der Waals surface area contributed by atoms with E-state index in [1.54, 1.807) is 6.07 Å². The van der Waals surface area contributed by atoms with Crippen LogP contribution in [0, 0.1) is 5.82 Å². The molecule has 1 amide bonds. The number of carbonyl (C=O) groups excluding carboxylic acids is 1. The highest BCUT2D eigenvalue weighted by Crippen LogP contribution is 2.15. The number of para-hydroxylation sites is 1. The summed E-state index contributed by atoms with van der Waals surface area (Å²) in [5, 5.41) is 2.80. The van der Waals surface area contributed by atoms with Gasteiger partial charge in [0.2, 0.25) is 5.91 Å². The number of hydrogen-bond donors (Lipinski definition) is 2. The Bertz CT molecular complexity index is 599. The first kappa shape index (κ1) is 15.0. The number of anilines is 1. The number of hydrogen-bond acceptors (Lipinski definition) is 3. The number of halogens is 1. The van der Waals surface area contributed by atoms with Crippen LogP contribution in [0.2, 0.25) is 0 Å². The third-order valence-corrected chi connectivity index (χ3v) is 2.92. The summed E-state index contributed by atoms with van der Waals surface area (Å²) in [7, 11) is 0. The van der Waals surface area contributed by atoms with E-state index in [0.717, 1.165) is 5.56 Å². The normalized spacial score (nSPS) is 10.2. The van der Waals surface area contributed by atoms with E-state index in [1.807, 2.05) is 18.2 Å². The summed E-state index contributed by atoms with van der Waals surface area (Å²) in [6, 6.07) is 13.1. The van der Waals surface area contributed by atoms with Gasteiger partial charge in [0.05, 0.1) is 13.0 Å². The number of nitrogens with one attached hydrogen (secondary N) is 1. The summed E-state index contributed by atoms with van der Waals surface area (Å²) in [6.45, 7) is 0.588. The predicted octanol–water partition coefficient (Wildman–Crippen LogP) is 2.69. The van der Waals surface area contributed by atoms with Crippen LogP contribution in [-0.4, -0.2) is 12.5 Å². The first-order chi connectivity index (χ1) is 10.2. The summed E-state index contributed by atoms with van der Waals surface area (Å²) >= 11 is 0. The van der Waals surface area contributed by atoms with E-state index >= 15 is 0 Å². The van der Waals surface area contributed by atoms with Crippen LogP contribution in [-0.2, 0) is 11.3 Å². The van der Waals surface area contributed by atoms with Crippen LogP contribution in [0.25, 0.3) is 0 Å². The number of ether oxygens (including phenoxy) is 1. The lowest BCUT2D eigenvalue weighted by Gasteiger charge is -2.10. The molecule has 5 heteroatoms. The molecule has 3 N–H and O–H groups in total. The Morgan fingerprint density at radius 3 is 2.57 bits per heavy atom. The highest BCUT2D eigenvalue weighted by molar-refractivity contribution is 5.91. The molecule has 0 radical (unpaired) electrons. The van der Waals surface area contributed by atoms with Crippen molar-refractivity contribution >= 4 is 11.6 Å². The molecule has 2 rings (SSSR count). The first-order valence-corrected chi connectivity index (χ1v) is 6.65. The Labute approximate surface area is 122 Å². The number of rotatable bonds is 6. The van der Waals surface area contributed by atoms with Crippen LogP contribution in [0.5, 0.6) is 5.75 Å². The fraction of sp³-hybridized carbons (Fsp3) is 0.188. The molecule has 0 heterocycles. The maximum absolute atomic E-state index is 12.7. The summed E-state index contributed by atoms with van der Waals surface area (Å²) in [5.41, 5.74) is 7.20. The van der Waals surface area contributed by atoms with Gasteiger partial charge in [-0.3, -0.25) is 4.79 Å². The Balaban J connectivity index is 1.81. The van der Waals surface area contributed by atoms with Gasteiger partial charge < -0.3 is 15.8 Å². The minimum atomic E-state index is -0.321. The second-order valence-corrected chi connectivity index (χ2v) is 4.46. The molecule has 21 heavy (non-hydrogen) atoms. The van der Waals surface area contributed by atoms with Crippen LogP contribution in [0.3, 0.4) is 0 Å². The molecule has 0 spiro atoms. The summed E-state index contributed by atoms with van der Waals surface area (Å²) in [6.07, 6.45) is 0.205. The third-order valence-electron chi connectivity index (χ3n) is 2.92. The number of carbonyl (C=O) groups is 1. The van der Waals surface area contributed by atoms with E-state index < -0.39 is 0 Å². The molecule has 0 saturated heterocycles. The monoisotopic (exact) mass is 288 g/mol. The van der Waals surface area contributed by atoms with Crippen molar-refractivity contribution in [3.63, 3.8) is 0 Å². The van der Waals surface area contributed by atoms with Gasteiger partial charge in [0.15, 0.2) is 0 Å². The van der Waals surface area contributed by atoms with E-state index in [4.69, 9.17) is 10.5 Å². The molecule has 2 aromatic carbocycles. The van der Waals surface area contributed by atoms with Crippen LogP contribution >= 0.6 is 0 Å². The van der Waals surface area contributed by atoms with Gasteiger partial charge in [0.1, 0.15) is 11.6 Å². The second-order valence-electron chi connectivity index (χ2n) is 4.46. The maximum atomic E-state index is 12.7. The average Bonchev–Trinajstić information content (AvgIpc) is 2.50. The Hall–Kier alpha value is -2.40. The zero-order chi connectivity index (χ0) is 15.1. The molecule has 0 unspecified atom stereocenters. The van der Waals surface area contributed by atoms with Crippen molar-refractivity contribution in [3.8, 4) is 5.75 Å². The zero-order valence-corrected chi connectivity index (χ0v) is 11.5. The van der Waals surface area contributed by atoms with Gasteiger partial charge in [-0.05, 0) is 35.9 Å². The topological polar surface area (TPSA) is 64.3 Å². The van der Waals surface area contributed by atoms with Crippen molar-refractivity contribution in [2.75, 3.05) is 11.9 Å². The SMILES string of the molecule is NCc1ccccc1NC(=O)CCOc1ccc(F)cc1. The van der Waals surface area contributed by atoms with Gasteiger partial charge in [-0.2, -0.15) is 0 Å². The molecule has 4 nitrogen and oxygen atoms in total. The van der Waals surface area contributed by atoms with Crippen molar-refractivity contribution in [1.82, 2.24) is 0 Å². The molecule has 0 aliphatic heterocycles. The van der Waals surface area contributed by atoms with Crippen LogP contribution in [0.4, 0.5) is 10.1 Å². The van der Waals surface area contributed by atoms with Gasteiger partial charge in [0, 0.05) is 12.2 Å². The minimum Gasteiger partial charge on any atom is -0.493 e. The number of amides is 1. The van der Waals surface area contributed by atoms with Gasteiger partial charge in [0.25, 0.3) is 0 Å². The number of benzene rings is 2. The van der Waals surface area contributed by atoms with Crippen LogP contribution < -0.4 is 15.8 Å². The van der Waals surface area contributed by atoms with E-state index in [2.05, 4.69) is 5.32 Å². The zero-order valence-electron chi connectivity index (χ0n) is 11.5. The highest BCUT2D eigenvalue weighted by Gasteiger charge is 2.06. The molecule has 0 bridgehead atoms. The largest absolute Gasteiger partial charge is 0.493 e. The van der Waals surface area contributed by atoms with Crippen molar-refractivity contribution < 1.29 is 13.9 Å². The molecule has 0 aliphatic carbocycles. The van der Waals surface area contributed by atoms with Gasteiger partial charge in [-0.15, -0.1) is 0 Å². The Morgan fingerprint density at radius 2 is 1.86 bits per heavy atom. The summed E-state index contributed by atoms with van der Waals surface area (Å²) in [5.74, 6) is 0.0584. The van der Waals surface area contributed by atoms with E-state index in [1.165, 1.54) is 24.3 Å². The smallest absolute Gasteiger partial charge is 0.227 e. The molecule has 2 aromatic rings. The molecule has 0 saturated carbocycles. The highest BCUT2D eigenvalue weighted by atomic mass is 19.1. The standard InChI is InChI=1S/C16H17FN2O2/c17-13-5-7-14(8-6-13)21-10-9-16(20)19-15-4-2-1-3-12(15)11-18/h1-8H,9-11,18H2,(H,19,20). The average molecular weight is 288 g/mol. The Kier molecular flexibility index (Phi) is 5.29. The number of nitrogens with two attached hydrogens (primary N) is 1. The van der Waals surface area contributed by atoms with Crippen molar-refractivity contribution in [2.45, 2.75) is 13.0 Å². The Morgan fingerprint density at radius 1 is 1.14 bits per heavy atom. The molecule has 110 valence electrons. The van der Waals surface area contributed by atoms with Gasteiger partial charge in [-0.25, -0.2) is 4.39 Å². The minimum absolute atomic E-state index is 0.155. The first-order valence-electron chi connectivity index (χ1n) is 6.65. The lowest BCUT2D eigenvalue weighted by molar-refractivity contribution is -0.116. The van der Waals surface area contributed by atoms with Crippen molar-refractivity contribution in [3.05, 3.63) is 59.9 Å². The predicted molar refractivity (Wildman–Crippen MR) is 79.5 cm³/mol. The second kappa shape index (κ2) is 7.40. The summed E-state index contributed by atoms with van der Waals surface area (Å²) in [4.78, 5) is 11.8. The molecular formula is C16H17FN2O2. The van der Waals surface area contributed by atoms with E-state index in [9.17, 15) is 9.18 Å². The van der Waals surface area contributed by atoms with Crippen LogP contribution in [0.15, 0.2) is 48.5 Å². The maximum Gasteiger partial charge on any atom is 0.227 e. The van der Waals surface area contributed by atoms with Gasteiger partial charge >= 0.3 is 0 Å². The molecule has 0 aliphatic rings. The lowest BCUT2D eigenvalue weighted by atomic mass is 10.2. The molecule has 0 aromatic heterocycles. The van der Waals surface area contributed by atoms with E-state index in [-0.39, 0.29) is 24.8 Å². The fourth-order valence-corrected chi connectivity index (χ4v) is 1.83. The summed E-state index contributed by atoms with van der Waals surface area (Å²) < 4.78 is 18.1. The fourth-order valence-electron chi connectivity index (χ4n) is 1.83. The third kappa shape index (κ3) is 4.57. The van der Waals surface area contributed by atoms with E-state index in [0.29, 0.717) is 18.0 Å². The van der Waals surface area contributed by atoms with Crippen LogP contribution in [0.1, 0.15) is 12.0 Å². The van der Waals surface area contributed by atoms with Crippen molar-refractivity contribution in [2.24, 2.45) is 5.73 Å².